The number of hydrogen-bond donors (Lipinski definition) is 1. The van der Waals surface area contributed by atoms with Crippen molar-refractivity contribution in [2.75, 3.05) is 6.54 Å². The second-order valence-electron chi connectivity index (χ2n) is 5.66. The molecule has 0 aliphatic carbocycles. The van der Waals surface area contributed by atoms with Crippen LogP contribution in [0.5, 0.6) is 0 Å². The minimum atomic E-state index is -0.262. The fourth-order valence-electron chi connectivity index (χ4n) is 2.92. The van der Waals surface area contributed by atoms with Gasteiger partial charge in [0.15, 0.2) is 0 Å². The molecule has 2 atom stereocenters. The molecule has 114 valence electrons. The first-order chi connectivity index (χ1) is 10.8. The van der Waals surface area contributed by atoms with Crippen molar-refractivity contribution in [2.24, 2.45) is 0 Å². The largest absolute Gasteiger partial charge is 0.452 e. The van der Waals surface area contributed by atoms with Gasteiger partial charge in [0.05, 0.1) is 5.56 Å². The zero-order chi connectivity index (χ0) is 15.2. The van der Waals surface area contributed by atoms with E-state index in [-0.39, 0.29) is 18.1 Å². The second-order valence-corrected chi connectivity index (χ2v) is 5.66. The summed E-state index contributed by atoms with van der Waals surface area (Å²) in [5.74, 6) is -0.262. The highest BCUT2D eigenvalue weighted by atomic mass is 16.5. The maximum atomic E-state index is 12.4. The number of piperidine rings is 1. The Morgan fingerprint density at radius 1 is 1.00 bits per heavy atom. The highest BCUT2D eigenvalue weighted by molar-refractivity contribution is 5.89. The third kappa shape index (κ3) is 3.55. The van der Waals surface area contributed by atoms with Gasteiger partial charge in [-0.25, -0.2) is 4.79 Å². The van der Waals surface area contributed by atoms with Crippen LogP contribution >= 0.6 is 0 Å². The van der Waals surface area contributed by atoms with E-state index in [0.717, 1.165) is 18.5 Å². The first-order valence-corrected chi connectivity index (χ1v) is 7.89. The van der Waals surface area contributed by atoms with Crippen molar-refractivity contribution in [2.45, 2.75) is 31.4 Å². The SMILES string of the molecule is O=C(O[C@H](c1ccccc1)[C@@H]1CCCCN1)c1ccccc1. The van der Waals surface area contributed by atoms with Crippen molar-refractivity contribution >= 4 is 5.97 Å². The van der Waals surface area contributed by atoms with Crippen molar-refractivity contribution in [3.63, 3.8) is 0 Å². The summed E-state index contributed by atoms with van der Waals surface area (Å²) in [6, 6.07) is 19.4. The molecular formula is C19H21NO2. The number of rotatable bonds is 4. The van der Waals surface area contributed by atoms with Crippen molar-refractivity contribution < 1.29 is 9.53 Å². The maximum absolute atomic E-state index is 12.4. The van der Waals surface area contributed by atoms with Crippen molar-refractivity contribution in [1.82, 2.24) is 5.32 Å². The van der Waals surface area contributed by atoms with E-state index in [2.05, 4.69) is 5.32 Å². The Labute approximate surface area is 131 Å². The number of hydrogen-bond acceptors (Lipinski definition) is 3. The highest BCUT2D eigenvalue weighted by Gasteiger charge is 2.28. The van der Waals surface area contributed by atoms with Crippen LogP contribution in [0, 0.1) is 0 Å². The molecule has 1 saturated heterocycles. The van der Waals surface area contributed by atoms with Crippen LogP contribution in [0.4, 0.5) is 0 Å². The smallest absolute Gasteiger partial charge is 0.338 e. The number of benzene rings is 2. The van der Waals surface area contributed by atoms with Crippen molar-refractivity contribution in [3.8, 4) is 0 Å². The van der Waals surface area contributed by atoms with E-state index >= 15 is 0 Å². The first-order valence-electron chi connectivity index (χ1n) is 7.89. The van der Waals surface area contributed by atoms with E-state index in [1.165, 1.54) is 12.8 Å². The highest BCUT2D eigenvalue weighted by Crippen LogP contribution is 2.27. The van der Waals surface area contributed by atoms with Gasteiger partial charge in [-0.2, -0.15) is 0 Å². The Hall–Kier alpha value is -2.13. The number of carbonyl (C=O) groups is 1. The van der Waals surface area contributed by atoms with Crippen LogP contribution in [-0.4, -0.2) is 18.6 Å². The summed E-state index contributed by atoms with van der Waals surface area (Å²) in [6.45, 7) is 0.983. The van der Waals surface area contributed by atoms with E-state index in [4.69, 9.17) is 4.74 Å². The van der Waals surface area contributed by atoms with Gasteiger partial charge in [0, 0.05) is 6.04 Å². The standard InChI is InChI=1S/C19H21NO2/c21-19(16-11-5-2-6-12-16)22-18(15-9-3-1-4-10-15)17-13-7-8-14-20-17/h1-6,9-12,17-18,20H,7-8,13-14H2/t17-,18+/m0/s1. The topological polar surface area (TPSA) is 38.3 Å². The van der Waals surface area contributed by atoms with Crippen LogP contribution in [-0.2, 0) is 4.74 Å². The number of carbonyl (C=O) groups excluding carboxylic acids is 1. The summed E-state index contributed by atoms with van der Waals surface area (Å²) in [5.41, 5.74) is 1.64. The molecule has 2 aromatic rings. The number of ether oxygens (including phenoxy) is 1. The van der Waals surface area contributed by atoms with Gasteiger partial charge in [-0.05, 0) is 37.1 Å². The summed E-state index contributed by atoms with van der Waals surface area (Å²) < 4.78 is 5.86. The summed E-state index contributed by atoms with van der Waals surface area (Å²) >= 11 is 0. The average Bonchev–Trinajstić information content (AvgIpc) is 2.62. The Balaban J connectivity index is 1.81. The molecule has 0 radical (unpaired) electrons. The molecule has 0 unspecified atom stereocenters. The van der Waals surface area contributed by atoms with E-state index in [1.54, 1.807) is 12.1 Å². The molecule has 3 nitrogen and oxygen atoms in total. The summed E-state index contributed by atoms with van der Waals surface area (Å²) in [6.07, 6.45) is 3.14. The molecule has 3 rings (SSSR count). The van der Waals surface area contributed by atoms with Gasteiger partial charge in [-0.1, -0.05) is 55.0 Å². The molecule has 0 amide bonds. The Morgan fingerprint density at radius 2 is 1.68 bits per heavy atom. The van der Waals surface area contributed by atoms with Gasteiger partial charge in [-0.3, -0.25) is 0 Å². The Bertz CT molecular complexity index is 591. The zero-order valence-electron chi connectivity index (χ0n) is 12.6. The van der Waals surface area contributed by atoms with Gasteiger partial charge >= 0.3 is 5.97 Å². The molecule has 1 fully saturated rings. The van der Waals surface area contributed by atoms with Crippen LogP contribution in [0.2, 0.25) is 0 Å². The Morgan fingerprint density at radius 3 is 2.32 bits per heavy atom. The lowest BCUT2D eigenvalue weighted by atomic mass is 9.94. The summed E-state index contributed by atoms with van der Waals surface area (Å²) in [4.78, 5) is 12.4. The number of esters is 1. The van der Waals surface area contributed by atoms with Gasteiger partial charge in [-0.15, -0.1) is 0 Å². The maximum Gasteiger partial charge on any atom is 0.338 e. The third-order valence-electron chi connectivity index (χ3n) is 4.09. The van der Waals surface area contributed by atoms with Gasteiger partial charge in [0.2, 0.25) is 0 Å². The molecule has 3 heteroatoms. The van der Waals surface area contributed by atoms with Crippen molar-refractivity contribution in [3.05, 3.63) is 71.8 Å². The van der Waals surface area contributed by atoms with Crippen LogP contribution < -0.4 is 5.32 Å². The average molecular weight is 295 g/mol. The minimum Gasteiger partial charge on any atom is -0.452 e. The molecule has 1 N–H and O–H groups in total. The molecule has 0 aromatic heterocycles. The van der Waals surface area contributed by atoms with E-state index < -0.39 is 0 Å². The van der Waals surface area contributed by atoms with Crippen LogP contribution in [0.25, 0.3) is 0 Å². The third-order valence-corrected chi connectivity index (χ3v) is 4.09. The quantitative estimate of drug-likeness (QED) is 0.874. The number of nitrogens with one attached hydrogen (secondary N) is 1. The fraction of sp³-hybridized carbons (Fsp3) is 0.316. The van der Waals surface area contributed by atoms with Crippen LogP contribution in [0.1, 0.15) is 41.3 Å². The van der Waals surface area contributed by atoms with Crippen LogP contribution in [0.3, 0.4) is 0 Å². The van der Waals surface area contributed by atoms with Crippen molar-refractivity contribution in [1.29, 1.82) is 0 Å². The molecule has 2 aromatic carbocycles. The van der Waals surface area contributed by atoms with Crippen LogP contribution in [0.15, 0.2) is 60.7 Å². The fourth-order valence-corrected chi connectivity index (χ4v) is 2.92. The van der Waals surface area contributed by atoms with E-state index in [9.17, 15) is 4.79 Å². The lowest BCUT2D eigenvalue weighted by molar-refractivity contribution is 0.0164. The van der Waals surface area contributed by atoms with E-state index in [1.807, 2.05) is 48.5 Å². The molecular weight excluding hydrogens is 274 g/mol. The second kappa shape index (κ2) is 7.23. The predicted molar refractivity (Wildman–Crippen MR) is 86.7 cm³/mol. The first kappa shape index (κ1) is 14.8. The monoisotopic (exact) mass is 295 g/mol. The molecule has 1 aliphatic heterocycles. The predicted octanol–water partition coefficient (Wildman–Crippen LogP) is 3.73. The van der Waals surface area contributed by atoms with Gasteiger partial charge in [0.1, 0.15) is 6.10 Å². The molecule has 0 saturated carbocycles. The minimum absolute atomic E-state index is 0.184. The molecule has 1 aliphatic rings. The normalized spacial score (nSPS) is 19.4. The molecule has 0 spiro atoms. The van der Waals surface area contributed by atoms with E-state index in [0.29, 0.717) is 5.56 Å². The molecule has 1 heterocycles. The Kier molecular flexibility index (Phi) is 4.86. The summed E-state index contributed by atoms with van der Waals surface area (Å²) in [5, 5.41) is 3.50. The summed E-state index contributed by atoms with van der Waals surface area (Å²) in [7, 11) is 0. The lowest BCUT2D eigenvalue weighted by Crippen LogP contribution is -2.40. The lowest BCUT2D eigenvalue weighted by Gasteiger charge is -2.31. The zero-order valence-corrected chi connectivity index (χ0v) is 12.6. The molecule has 22 heavy (non-hydrogen) atoms. The molecule has 0 bridgehead atoms. The van der Waals surface area contributed by atoms with Gasteiger partial charge in [0.25, 0.3) is 0 Å². The van der Waals surface area contributed by atoms with Gasteiger partial charge < -0.3 is 10.1 Å².